The summed E-state index contributed by atoms with van der Waals surface area (Å²) in [7, 11) is 0. The van der Waals surface area contributed by atoms with Crippen molar-refractivity contribution >= 4 is 28.3 Å². The molecule has 2 heterocycles. The first-order valence-electron chi connectivity index (χ1n) is 10.0. The molecule has 0 saturated carbocycles. The number of hydrogen-bond donors (Lipinski definition) is 0. The SMILES string of the molecule is CCOC(=O)CN1C(=O)CC(c2ccc3c(c2)OCO3)c2c1ccc1ccccc21. The zero-order valence-corrected chi connectivity index (χ0v) is 16.6. The van der Waals surface area contributed by atoms with Crippen LogP contribution in [0.25, 0.3) is 10.8 Å². The molecule has 1 unspecified atom stereocenters. The van der Waals surface area contributed by atoms with E-state index in [0.717, 1.165) is 27.6 Å². The van der Waals surface area contributed by atoms with Gasteiger partial charge in [0, 0.05) is 18.0 Å². The lowest BCUT2D eigenvalue weighted by atomic mass is 9.81. The first kappa shape index (κ1) is 18.5. The Morgan fingerprint density at radius 2 is 1.93 bits per heavy atom. The van der Waals surface area contributed by atoms with E-state index in [1.807, 2.05) is 42.5 Å². The van der Waals surface area contributed by atoms with Crippen molar-refractivity contribution < 1.29 is 23.8 Å². The minimum atomic E-state index is -0.411. The molecule has 1 atom stereocenters. The van der Waals surface area contributed by atoms with Gasteiger partial charge in [0.1, 0.15) is 6.54 Å². The molecule has 2 aliphatic heterocycles. The Bertz CT molecular complexity index is 1160. The lowest BCUT2D eigenvalue weighted by Crippen LogP contribution is -2.41. The van der Waals surface area contributed by atoms with Gasteiger partial charge in [0.15, 0.2) is 11.5 Å². The molecule has 2 aliphatic rings. The van der Waals surface area contributed by atoms with Crippen LogP contribution in [0.15, 0.2) is 54.6 Å². The lowest BCUT2D eigenvalue weighted by molar-refractivity contribution is -0.142. The van der Waals surface area contributed by atoms with Gasteiger partial charge >= 0.3 is 5.97 Å². The Morgan fingerprint density at radius 3 is 2.80 bits per heavy atom. The van der Waals surface area contributed by atoms with Gasteiger partial charge in [-0.3, -0.25) is 9.59 Å². The van der Waals surface area contributed by atoms with Gasteiger partial charge < -0.3 is 19.1 Å². The maximum Gasteiger partial charge on any atom is 0.326 e. The standard InChI is InChI=1S/C24H21NO5/c1-2-28-23(27)13-25-19-9-7-15-5-3-4-6-17(15)24(19)18(12-22(25)26)16-8-10-20-21(11-16)30-14-29-20/h3-11,18H,2,12-14H2,1H3. The molecule has 6 nitrogen and oxygen atoms in total. The number of anilines is 1. The van der Waals surface area contributed by atoms with Crippen LogP contribution in [-0.2, 0) is 14.3 Å². The number of amides is 1. The lowest BCUT2D eigenvalue weighted by Gasteiger charge is -2.34. The van der Waals surface area contributed by atoms with E-state index in [4.69, 9.17) is 14.2 Å². The van der Waals surface area contributed by atoms with Crippen LogP contribution >= 0.6 is 0 Å². The summed E-state index contributed by atoms with van der Waals surface area (Å²) < 4.78 is 16.1. The van der Waals surface area contributed by atoms with Crippen molar-refractivity contribution in [2.45, 2.75) is 19.3 Å². The van der Waals surface area contributed by atoms with E-state index in [9.17, 15) is 9.59 Å². The van der Waals surface area contributed by atoms with Gasteiger partial charge in [-0.25, -0.2) is 0 Å². The third kappa shape index (κ3) is 3.05. The highest BCUT2D eigenvalue weighted by Gasteiger charge is 2.35. The van der Waals surface area contributed by atoms with Crippen LogP contribution in [0.1, 0.15) is 30.4 Å². The average molecular weight is 403 g/mol. The van der Waals surface area contributed by atoms with E-state index in [1.54, 1.807) is 11.8 Å². The van der Waals surface area contributed by atoms with Crippen molar-refractivity contribution in [3.63, 3.8) is 0 Å². The topological polar surface area (TPSA) is 65.1 Å². The smallest absolute Gasteiger partial charge is 0.326 e. The molecule has 0 spiro atoms. The van der Waals surface area contributed by atoms with E-state index in [-0.39, 0.29) is 38.2 Å². The molecule has 6 heteroatoms. The number of nitrogens with zero attached hydrogens (tertiary/aromatic N) is 1. The summed E-state index contributed by atoms with van der Waals surface area (Å²) in [4.78, 5) is 26.8. The molecule has 30 heavy (non-hydrogen) atoms. The maximum absolute atomic E-state index is 13.1. The van der Waals surface area contributed by atoms with Gasteiger partial charge in [0.05, 0.1) is 6.61 Å². The van der Waals surface area contributed by atoms with E-state index < -0.39 is 5.97 Å². The Hall–Kier alpha value is -3.54. The number of esters is 1. The van der Waals surface area contributed by atoms with Crippen molar-refractivity contribution in [3.05, 3.63) is 65.7 Å². The predicted octanol–water partition coefficient (Wildman–Crippen LogP) is 4.00. The minimum Gasteiger partial charge on any atom is -0.465 e. The van der Waals surface area contributed by atoms with Crippen LogP contribution in [0.3, 0.4) is 0 Å². The van der Waals surface area contributed by atoms with Gasteiger partial charge in [0.2, 0.25) is 12.7 Å². The highest BCUT2D eigenvalue weighted by atomic mass is 16.7. The van der Waals surface area contributed by atoms with Crippen LogP contribution in [0, 0.1) is 0 Å². The van der Waals surface area contributed by atoms with Crippen LogP contribution in [-0.4, -0.2) is 31.8 Å². The predicted molar refractivity (Wildman–Crippen MR) is 112 cm³/mol. The summed E-state index contributed by atoms with van der Waals surface area (Å²) >= 11 is 0. The molecule has 0 saturated heterocycles. The molecular weight excluding hydrogens is 382 g/mol. The minimum absolute atomic E-state index is 0.0914. The molecule has 5 rings (SSSR count). The highest BCUT2D eigenvalue weighted by molar-refractivity contribution is 6.05. The molecule has 0 aromatic heterocycles. The average Bonchev–Trinajstić information content (AvgIpc) is 3.23. The fourth-order valence-electron chi connectivity index (χ4n) is 4.33. The first-order valence-corrected chi connectivity index (χ1v) is 10.0. The quantitative estimate of drug-likeness (QED) is 0.616. The van der Waals surface area contributed by atoms with Crippen LogP contribution < -0.4 is 14.4 Å². The van der Waals surface area contributed by atoms with Gasteiger partial charge in [0.25, 0.3) is 0 Å². The van der Waals surface area contributed by atoms with Gasteiger partial charge in [-0.1, -0.05) is 36.4 Å². The molecule has 152 valence electrons. The summed E-state index contributed by atoms with van der Waals surface area (Å²) in [5, 5.41) is 2.16. The number of fused-ring (bicyclic) bond motifs is 4. The van der Waals surface area contributed by atoms with E-state index in [1.165, 1.54) is 0 Å². The monoisotopic (exact) mass is 403 g/mol. The second-order valence-electron chi connectivity index (χ2n) is 7.37. The van der Waals surface area contributed by atoms with Crippen LogP contribution in [0.4, 0.5) is 5.69 Å². The van der Waals surface area contributed by atoms with Gasteiger partial charge in [-0.15, -0.1) is 0 Å². The largest absolute Gasteiger partial charge is 0.465 e. The zero-order valence-electron chi connectivity index (χ0n) is 16.6. The Morgan fingerprint density at radius 1 is 1.10 bits per heavy atom. The molecule has 1 amide bonds. The second-order valence-corrected chi connectivity index (χ2v) is 7.37. The van der Waals surface area contributed by atoms with Gasteiger partial charge in [-0.2, -0.15) is 0 Å². The second kappa shape index (κ2) is 7.37. The fraction of sp³-hybridized carbons (Fsp3) is 0.250. The Balaban J connectivity index is 1.66. The molecule has 3 aromatic carbocycles. The number of rotatable bonds is 4. The third-order valence-electron chi connectivity index (χ3n) is 5.66. The molecule has 3 aromatic rings. The number of carbonyl (C=O) groups is 2. The van der Waals surface area contributed by atoms with Crippen molar-refractivity contribution in [1.82, 2.24) is 0 Å². The first-order chi connectivity index (χ1) is 14.7. The zero-order chi connectivity index (χ0) is 20.7. The fourth-order valence-corrected chi connectivity index (χ4v) is 4.33. The van der Waals surface area contributed by atoms with Crippen LogP contribution in [0.5, 0.6) is 11.5 Å². The van der Waals surface area contributed by atoms with Gasteiger partial charge in [-0.05, 0) is 47.0 Å². The Kier molecular flexibility index (Phi) is 4.54. The number of carbonyl (C=O) groups excluding carboxylic acids is 2. The summed E-state index contributed by atoms with van der Waals surface area (Å²) in [5.74, 6) is 0.741. The van der Waals surface area contributed by atoms with Crippen molar-refractivity contribution in [3.8, 4) is 11.5 Å². The molecule has 0 bridgehead atoms. The molecule has 0 fully saturated rings. The summed E-state index contributed by atoms with van der Waals surface area (Å²) in [6, 6.07) is 17.8. The highest BCUT2D eigenvalue weighted by Crippen LogP contribution is 2.46. The molecule has 0 N–H and O–H groups in total. The normalized spacial score (nSPS) is 17.2. The number of benzene rings is 3. The molecule has 0 aliphatic carbocycles. The number of ether oxygens (including phenoxy) is 3. The molecule has 0 radical (unpaired) electrons. The molecular formula is C24H21NO5. The Labute approximate surface area is 174 Å². The van der Waals surface area contributed by atoms with Crippen molar-refractivity contribution in [2.24, 2.45) is 0 Å². The van der Waals surface area contributed by atoms with Crippen molar-refractivity contribution in [1.29, 1.82) is 0 Å². The maximum atomic E-state index is 13.1. The summed E-state index contributed by atoms with van der Waals surface area (Å²) in [5.41, 5.74) is 2.78. The van der Waals surface area contributed by atoms with Crippen molar-refractivity contribution in [2.75, 3.05) is 24.8 Å². The number of hydrogen-bond acceptors (Lipinski definition) is 5. The van der Waals surface area contributed by atoms with Crippen LogP contribution in [0.2, 0.25) is 0 Å². The van der Waals surface area contributed by atoms with E-state index in [0.29, 0.717) is 11.5 Å². The van der Waals surface area contributed by atoms with E-state index in [2.05, 4.69) is 12.1 Å². The van der Waals surface area contributed by atoms with E-state index >= 15 is 0 Å². The summed E-state index contributed by atoms with van der Waals surface area (Å²) in [6.45, 7) is 2.15. The summed E-state index contributed by atoms with van der Waals surface area (Å²) in [6.07, 6.45) is 0.264. The third-order valence-corrected chi connectivity index (χ3v) is 5.66.